The van der Waals surface area contributed by atoms with E-state index in [1.165, 1.54) is 0 Å². The predicted octanol–water partition coefficient (Wildman–Crippen LogP) is 4.76. The van der Waals surface area contributed by atoms with E-state index >= 15 is 0 Å². The van der Waals surface area contributed by atoms with Crippen LogP contribution in [0.2, 0.25) is 0 Å². The number of para-hydroxylation sites is 1. The van der Waals surface area contributed by atoms with Gasteiger partial charge in [-0.2, -0.15) is 0 Å². The number of hydrogen-bond donors (Lipinski definition) is 2. The first-order chi connectivity index (χ1) is 17.0. The first kappa shape index (κ1) is 22.7. The van der Waals surface area contributed by atoms with Crippen molar-refractivity contribution in [2.75, 3.05) is 0 Å². The summed E-state index contributed by atoms with van der Waals surface area (Å²) in [6, 6.07) is 18.8. The molecule has 0 saturated carbocycles. The molecule has 1 saturated heterocycles. The number of pyridine rings is 2. The summed E-state index contributed by atoms with van der Waals surface area (Å²) in [4.78, 5) is 22.9. The standard InChI is InChI=1S/C27H25N5O2S/c1-17-15-21(18(2)32(17)23-9-4-3-7-20(23)26(33)34)25-24(22-8-5-6-12-29-22)30-27(35)31(25)16-19-10-13-28-14-11-19/h3-15,24-25H,16H2,1-2H3,(H,30,35)(H,33,34)/t24-,25+/m1/s1. The fourth-order valence-corrected chi connectivity index (χ4v) is 5.21. The summed E-state index contributed by atoms with van der Waals surface area (Å²) in [5, 5.41) is 13.9. The summed E-state index contributed by atoms with van der Waals surface area (Å²) in [5.41, 5.74) is 5.88. The maximum Gasteiger partial charge on any atom is 0.337 e. The van der Waals surface area contributed by atoms with Gasteiger partial charge in [0.15, 0.2) is 5.11 Å². The molecule has 0 amide bonds. The van der Waals surface area contributed by atoms with Crippen LogP contribution in [0.1, 0.15) is 50.7 Å². The van der Waals surface area contributed by atoms with Crippen molar-refractivity contribution in [1.82, 2.24) is 24.8 Å². The summed E-state index contributed by atoms with van der Waals surface area (Å²) in [6.45, 7) is 4.64. The lowest BCUT2D eigenvalue weighted by Gasteiger charge is -2.28. The molecule has 35 heavy (non-hydrogen) atoms. The summed E-state index contributed by atoms with van der Waals surface area (Å²) >= 11 is 5.81. The Kier molecular flexibility index (Phi) is 6.05. The quantitative estimate of drug-likeness (QED) is 0.383. The van der Waals surface area contributed by atoms with Crippen LogP contribution in [0.4, 0.5) is 0 Å². The van der Waals surface area contributed by atoms with Crippen LogP contribution in [0.5, 0.6) is 0 Å². The molecular weight excluding hydrogens is 458 g/mol. The minimum absolute atomic E-state index is 0.137. The average molecular weight is 484 g/mol. The van der Waals surface area contributed by atoms with Gasteiger partial charge in [-0.3, -0.25) is 9.97 Å². The molecule has 0 bridgehead atoms. The van der Waals surface area contributed by atoms with E-state index in [9.17, 15) is 9.90 Å². The van der Waals surface area contributed by atoms with E-state index in [2.05, 4.69) is 26.3 Å². The Labute approximate surface area is 209 Å². The van der Waals surface area contributed by atoms with E-state index in [-0.39, 0.29) is 17.6 Å². The number of nitrogens with zero attached hydrogens (tertiary/aromatic N) is 4. The second-order valence-electron chi connectivity index (χ2n) is 8.59. The van der Waals surface area contributed by atoms with Gasteiger partial charge < -0.3 is 19.9 Å². The molecule has 1 fully saturated rings. The van der Waals surface area contributed by atoms with Crippen molar-refractivity contribution in [2.45, 2.75) is 32.5 Å². The fourth-order valence-electron chi connectivity index (χ4n) is 4.91. The van der Waals surface area contributed by atoms with Crippen molar-refractivity contribution in [3.63, 3.8) is 0 Å². The average Bonchev–Trinajstić information content (AvgIpc) is 3.35. The van der Waals surface area contributed by atoms with Crippen molar-refractivity contribution in [1.29, 1.82) is 0 Å². The molecule has 2 N–H and O–H groups in total. The number of thiocarbonyl (C=S) groups is 1. The van der Waals surface area contributed by atoms with Crippen LogP contribution in [0, 0.1) is 13.8 Å². The molecule has 4 heterocycles. The van der Waals surface area contributed by atoms with Crippen LogP contribution >= 0.6 is 12.2 Å². The summed E-state index contributed by atoms with van der Waals surface area (Å²) in [6.07, 6.45) is 5.35. The monoisotopic (exact) mass is 483 g/mol. The van der Waals surface area contributed by atoms with Crippen LogP contribution in [-0.2, 0) is 6.54 Å². The number of carboxylic acids is 1. The number of rotatable bonds is 6. The molecular formula is C27H25N5O2S. The van der Waals surface area contributed by atoms with Gasteiger partial charge in [0.1, 0.15) is 0 Å². The molecule has 8 heteroatoms. The highest BCUT2D eigenvalue weighted by Gasteiger charge is 2.41. The van der Waals surface area contributed by atoms with Gasteiger partial charge in [-0.25, -0.2) is 4.79 Å². The van der Waals surface area contributed by atoms with Gasteiger partial charge in [0, 0.05) is 36.5 Å². The van der Waals surface area contributed by atoms with Gasteiger partial charge >= 0.3 is 5.97 Å². The Hall–Kier alpha value is -4.04. The summed E-state index contributed by atoms with van der Waals surface area (Å²) in [7, 11) is 0. The van der Waals surface area contributed by atoms with Crippen LogP contribution in [0.25, 0.3) is 5.69 Å². The molecule has 0 aliphatic carbocycles. The normalized spacial score (nSPS) is 17.4. The van der Waals surface area contributed by atoms with Crippen molar-refractivity contribution >= 4 is 23.3 Å². The zero-order chi connectivity index (χ0) is 24.5. The van der Waals surface area contributed by atoms with E-state index < -0.39 is 5.97 Å². The first-order valence-electron chi connectivity index (χ1n) is 11.3. The zero-order valence-electron chi connectivity index (χ0n) is 19.4. The number of nitrogens with one attached hydrogen (secondary N) is 1. The third-order valence-electron chi connectivity index (χ3n) is 6.46. The van der Waals surface area contributed by atoms with Crippen molar-refractivity contribution in [2.24, 2.45) is 0 Å². The molecule has 4 aromatic rings. The highest BCUT2D eigenvalue weighted by molar-refractivity contribution is 7.80. The maximum absolute atomic E-state index is 12.0. The minimum Gasteiger partial charge on any atom is -0.478 e. The molecule has 5 rings (SSSR count). The Balaban J connectivity index is 1.65. The van der Waals surface area contributed by atoms with E-state index in [4.69, 9.17) is 12.2 Å². The lowest BCUT2D eigenvalue weighted by Crippen LogP contribution is -2.29. The van der Waals surface area contributed by atoms with Gasteiger partial charge in [-0.15, -0.1) is 0 Å². The lowest BCUT2D eigenvalue weighted by atomic mass is 9.96. The SMILES string of the molecule is Cc1cc([C@H]2[C@@H](c3ccccn3)NC(=S)N2Cc2ccncc2)c(C)n1-c1ccccc1C(=O)O. The smallest absolute Gasteiger partial charge is 0.337 e. The highest BCUT2D eigenvalue weighted by atomic mass is 32.1. The largest absolute Gasteiger partial charge is 0.478 e. The Morgan fingerprint density at radius 3 is 2.51 bits per heavy atom. The summed E-state index contributed by atoms with van der Waals surface area (Å²) < 4.78 is 2.01. The Morgan fingerprint density at radius 1 is 1.06 bits per heavy atom. The number of benzene rings is 1. The molecule has 176 valence electrons. The van der Waals surface area contributed by atoms with Gasteiger partial charge in [0.25, 0.3) is 0 Å². The topological polar surface area (TPSA) is 83.3 Å². The Morgan fingerprint density at radius 2 is 1.80 bits per heavy atom. The van der Waals surface area contributed by atoms with E-state index in [1.807, 2.05) is 60.9 Å². The van der Waals surface area contributed by atoms with Crippen molar-refractivity contribution in [3.8, 4) is 5.69 Å². The van der Waals surface area contributed by atoms with Gasteiger partial charge in [0.2, 0.25) is 0 Å². The first-order valence-corrected chi connectivity index (χ1v) is 11.7. The molecule has 7 nitrogen and oxygen atoms in total. The van der Waals surface area contributed by atoms with Crippen LogP contribution < -0.4 is 5.32 Å². The number of carbonyl (C=O) groups is 1. The highest BCUT2D eigenvalue weighted by Crippen LogP contribution is 2.42. The zero-order valence-corrected chi connectivity index (χ0v) is 20.2. The van der Waals surface area contributed by atoms with Crippen LogP contribution in [0.3, 0.4) is 0 Å². The fraction of sp³-hybridized carbons (Fsp3) is 0.185. The molecule has 1 aromatic carbocycles. The maximum atomic E-state index is 12.0. The Bertz CT molecular complexity index is 1390. The molecule has 2 atom stereocenters. The lowest BCUT2D eigenvalue weighted by molar-refractivity contribution is 0.0697. The van der Waals surface area contributed by atoms with E-state index in [1.54, 1.807) is 30.7 Å². The van der Waals surface area contributed by atoms with Crippen LogP contribution in [-0.4, -0.2) is 35.6 Å². The van der Waals surface area contributed by atoms with Crippen molar-refractivity contribution < 1.29 is 9.90 Å². The van der Waals surface area contributed by atoms with Gasteiger partial charge in [-0.05, 0) is 79.7 Å². The second-order valence-corrected chi connectivity index (χ2v) is 8.98. The molecule has 0 radical (unpaired) electrons. The molecule has 0 spiro atoms. The number of hydrogen-bond acceptors (Lipinski definition) is 4. The minimum atomic E-state index is -0.955. The third kappa shape index (κ3) is 4.17. The molecule has 1 aliphatic heterocycles. The number of carboxylic acid groups (broad SMARTS) is 1. The number of aromatic carboxylic acids is 1. The van der Waals surface area contributed by atoms with Gasteiger partial charge in [0.05, 0.1) is 29.0 Å². The van der Waals surface area contributed by atoms with E-state index in [0.717, 1.165) is 28.2 Å². The third-order valence-corrected chi connectivity index (χ3v) is 6.82. The second kappa shape index (κ2) is 9.31. The van der Waals surface area contributed by atoms with Gasteiger partial charge in [-0.1, -0.05) is 18.2 Å². The molecule has 3 aromatic heterocycles. The molecule has 0 unspecified atom stereocenters. The summed E-state index contributed by atoms with van der Waals surface area (Å²) in [5.74, 6) is -0.955. The van der Waals surface area contributed by atoms with E-state index in [0.29, 0.717) is 17.3 Å². The van der Waals surface area contributed by atoms with Crippen molar-refractivity contribution in [3.05, 3.63) is 113 Å². The van der Waals surface area contributed by atoms with Crippen LogP contribution in [0.15, 0.2) is 79.3 Å². The predicted molar refractivity (Wildman–Crippen MR) is 137 cm³/mol. The molecule has 1 aliphatic rings. The number of aromatic nitrogens is 3. The number of aryl methyl sites for hydroxylation is 1.